The quantitative estimate of drug-likeness (QED) is 0.348. The molecule has 0 unspecified atom stereocenters. The van der Waals surface area contributed by atoms with E-state index in [-0.39, 0.29) is 5.56 Å². The van der Waals surface area contributed by atoms with Gasteiger partial charge in [-0.2, -0.15) is 0 Å². The van der Waals surface area contributed by atoms with Crippen molar-refractivity contribution >= 4 is 10.9 Å². The lowest BCUT2D eigenvalue weighted by Gasteiger charge is -2.32. The largest absolute Gasteiger partial charge is 0.468 e. The van der Waals surface area contributed by atoms with Crippen molar-refractivity contribution in [2.24, 2.45) is 0 Å². The molecule has 5 rings (SSSR count). The highest BCUT2D eigenvalue weighted by molar-refractivity contribution is 5.81. The number of nitrogens with zero attached hydrogens (tertiary/aromatic N) is 6. The van der Waals surface area contributed by atoms with Crippen LogP contribution >= 0.6 is 0 Å². The van der Waals surface area contributed by atoms with Crippen LogP contribution < -0.4 is 5.56 Å². The number of hydrogen-bond donors (Lipinski definition) is 1. The van der Waals surface area contributed by atoms with E-state index in [1.807, 2.05) is 70.3 Å². The first kappa shape index (κ1) is 24.6. The van der Waals surface area contributed by atoms with Crippen LogP contribution in [0.5, 0.6) is 0 Å². The predicted molar refractivity (Wildman–Crippen MR) is 141 cm³/mol. The first-order valence-electron chi connectivity index (χ1n) is 12.3. The van der Waals surface area contributed by atoms with Crippen molar-refractivity contribution in [2.45, 2.75) is 59.3 Å². The van der Waals surface area contributed by atoms with E-state index < -0.39 is 11.6 Å². The van der Waals surface area contributed by atoms with E-state index in [4.69, 9.17) is 4.42 Å². The SMILES string of the molecule is Cc1cc2cc([C@@H](c3nnnn3C(C)(C)C)N(Cc3cccnc3)Cc3ccco3)c(=O)[nH]c2cc1C. The molecular weight excluding hydrogens is 466 g/mol. The fourth-order valence-electron chi connectivity index (χ4n) is 4.61. The zero-order valence-corrected chi connectivity index (χ0v) is 21.8. The average Bonchev–Trinajstić information content (AvgIpc) is 3.54. The third-order valence-electron chi connectivity index (χ3n) is 6.57. The lowest BCUT2D eigenvalue weighted by Crippen LogP contribution is -2.37. The van der Waals surface area contributed by atoms with Gasteiger partial charge in [0.05, 0.1) is 18.3 Å². The first-order chi connectivity index (χ1) is 17.7. The minimum atomic E-state index is -0.561. The Balaban J connectivity index is 1.74. The molecule has 9 heteroatoms. The molecule has 4 heterocycles. The predicted octanol–water partition coefficient (Wildman–Crippen LogP) is 4.67. The normalized spacial score (nSPS) is 12.9. The second kappa shape index (κ2) is 9.74. The van der Waals surface area contributed by atoms with E-state index in [2.05, 4.69) is 43.4 Å². The minimum Gasteiger partial charge on any atom is -0.468 e. The van der Waals surface area contributed by atoms with Crippen LogP contribution in [0, 0.1) is 13.8 Å². The van der Waals surface area contributed by atoms with Gasteiger partial charge in [0, 0.05) is 30.0 Å². The molecule has 4 aromatic heterocycles. The molecule has 0 aliphatic carbocycles. The molecule has 0 saturated carbocycles. The topological polar surface area (TPSA) is 106 Å². The van der Waals surface area contributed by atoms with Crippen LogP contribution in [0.25, 0.3) is 10.9 Å². The van der Waals surface area contributed by atoms with Crippen LogP contribution in [0.15, 0.2) is 70.3 Å². The maximum atomic E-state index is 13.7. The van der Waals surface area contributed by atoms with E-state index in [0.29, 0.717) is 24.5 Å². The Labute approximate surface area is 215 Å². The summed E-state index contributed by atoms with van der Waals surface area (Å²) in [5.41, 5.74) is 4.06. The Bertz CT molecular complexity index is 1560. The highest BCUT2D eigenvalue weighted by Crippen LogP contribution is 2.32. The molecule has 1 aromatic carbocycles. The third kappa shape index (κ3) is 5.08. The van der Waals surface area contributed by atoms with Gasteiger partial charge in [-0.05, 0) is 104 Å². The van der Waals surface area contributed by atoms with Crippen molar-refractivity contribution in [3.05, 3.63) is 105 Å². The lowest BCUT2D eigenvalue weighted by atomic mass is 9.99. The number of pyridine rings is 2. The number of H-pyrrole nitrogens is 1. The van der Waals surface area contributed by atoms with Crippen LogP contribution in [0.1, 0.15) is 60.7 Å². The third-order valence-corrected chi connectivity index (χ3v) is 6.57. The van der Waals surface area contributed by atoms with Gasteiger partial charge in [0.2, 0.25) is 0 Å². The maximum Gasteiger partial charge on any atom is 0.253 e. The summed E-state index contributed by atoms with van der Waals surface area (Å²) in [5.74, 6) is 1.35. The smallest absolute Gasteiger partial charge is 0.253 e. The standard InChI is InChI=1S/C28H31N7O2/c1-18-12-21-14-23(27(36)30-24(21)13-19(18)2)25(26-31-32-33-35(26)28(3,4)5)34(17-22-9-7-11-37-22)16-20-8-6-10-29-15-20/h6-15,25H,16-17H2,1-5H3,(H,30,36)/t25-/m0/s1. The first-order valence-corrected chi connectivity index (χ1v) is 12.3. The number of aromatic amines is 1. The van der Waals surface area contributed by atoms with Crippen molar-refractivity contribution in [2.75, 3.05) is 0 Å². The summed E-state index contributed by atoms with van der Waals surface area (Å²) in [6, 6.07) is 13.2. The van der Waals surface area contributed by atoms with Gasteiger partial charge < -0.3 is 9.40 Å². The second-order valence-corrected chi connectivity index (χ2v) is 10.4. The summed E-state index contributed by atoms with van der Waals surface area (Å²) in [4.78, 5) is 23.3. The molecule has 0 saturated heterocycles. The summed E-state index contributed by atoms with van der Waals surface area (Å²) >= 11 is 0. The van der Waals surface area contributed by atoms with Gasteiger partial charge in [0.1, 0.15) is 11.8 Å². The van der Waals surface area contributed by atoms with Crippen LogP contribution in [-0.4, -0.2) is 35.1 Å². The molecule has 0 spiro atoms. The summed E-state index contributed by atoms with van der Waals surface area (Å²) in [5, 5.41) is 13.8. The van der Waals surface area contributed by atoms with Crippen molar-refractivity contribution < 1.29 is 4.42 Å². The Morgan fingerprint density at radius 1 is 1.08 bits per heavy atom. The van der Waals surface area contributed by atoms with Gasteiger partial charge >= 0.3 is 0 Å². The number of fused-ring (bicyclic) bond motifs is 1. The number of hydrogen-bond acceptors (Lipinski definition) is 7. The van der Waals surface area contributed by atoms with Gasteiger partial charge in [-0.15, -0.1) is 5.10 Å². The number of furan rings is 1. The Morgan fingerprint density at radius 3 is 2.59 bits per heavy atom. The molecule has 0 radical (unpaired) electrons. The number of nitrogens with one attached hydrogen (secondary N) is 1. The van der Waals surface area contributed by atoms with Gasteiger partial charge in [-0.3, -0.25) is 14.7 Å². The molecule has 5 aromatic rings. The van der Waals surface area contributed by atoms with Gasteiger partial charge in [0.25, 0.3) is 5.56 Å². The molecule has 0 fully saturated rings. The highest BCUT2D eigenvalue weighted by Gasteiger charge is 2.34. The number of aromatic nitrogens is 6. The zero-order valence-electron chi connectivity index (χ0n) is 21.8. The molecule has 0 amide bonds. The van der Waals surface area contributed by atoms with E-state index in [0.717, 1.165) is 33.4 Å². The Hall–Kier alpha value is -4.11. The fraction of sp³-hybridized carbons (Fsp3) is 0.321. The van der Waals surface area contributed by atoms with Crippen LogP contribution in [0.4, 0.5) is 0 Å². The van der Waals surface area contributed by atoms with Crippen LogP contribution in [0.2, 0.25) is 0 Å². The van der Waals surface area contributed by atoms with E-state index in [1.54, 1.807) is 17.1 Å². The molecule has 37 heavy (non-hydrogen) atoms. The van der Waals surface area contributed by atoms with E-state index in [9.17, 15) is 4.79 Å². The highest BCUT2D eigenvalue weighted by atomic mass is 16.3. The van der Waals surface area contributed by atoms with E-state index >= 15 is 0 Å². The summed E-state index contributed by atoms with van der Waals surface area (Å²) in [6.07, 6.45) is 5.23. The monoisotopic (exact) mass is 497 g/mol. The summed E-state index contributed by atoms with van der Waals surface area (Å²) in [6.45, 7) is 11.2. The van der Waals surface area contributed by atoms with Crippen molar-refractivity contribution in [3.8, 4) is 0 Å². The average molecular weight is 498 g/mol. The second-order valence-electron chi connectivity index (χ2n) is 10.4. The summed E-state index contributed by atoms with van der Waals surface area (Å²) in [7, 11) is 0. The minimum absolute atomic E-state index is 0.181. The fourth-order valence-corrected chi connectivity index (χ4v) is 4.61. The van der Waals surface area contributed by atoms with Crippen LogP contribution in [-0.2, 0) is 18.6 Å². The molecule has 1 N–H and O–H groups in total. The van der Waals surface area contributed by atoms with Crippen molar-refractivity contribution in [3.63, 3.8) is 0 Å². The Morgan fingerprint density at radius 2 is 1.89 bits per heavy atom. The molecule has 0 bridgehead atoms. The van der Waals surface area contributed by atoms with Gasteiger partial charge in [0.15, 0.2) is 5.82 Å². The molecule has 0 aliphatic heterocycles. The Kier molecular flexibility index (Phi) is 6.47. The van der Waals surface area contributed by atoms with Crippen LogP contribution in [0.3, 0.4) is 0 Å². The van der Waals surface area contributed by atoms with Gasteiger partial charge in [-0.1, -0.05) is 6.07 Å². The lowest BCUT2D eigenvalue weighted by molar-refractivity contribution is 0.171. The van der Waals surface area contributed by atoms with Crippen molar-refractivity contribution in [1.29, 1.82) is 0 Å². The summed E-state index contributed by atoms with van der Waals surface area (Å²) < 4.78 is 7.52. The van der Waals surface area contributed by atoms with E-state index in [1.165, 1.54) is 0 Å². The zero-order chi connectivity index (χ0) is 26.2. The maximum absolute atomic E-state index is 13.7. The molecule has 190 valence electrons. The number of tetrazole rings is 1. The van der Waals surface area contributed by atoms with Gasteiger partial charge in [-0.25, -0.2) is 4.68 Å². The molecule has 1 atom stereocenters. The number of benzene rings is 1. The molecule has 0 aliphatic rings. The molecule has 9 nitrogen and oxygen atoms in total. The molecular formula is C28H31N7O2. The van der Waals surface area contributed by atoms with Crippen molar-refractivity contribution in [1.82, 2.24) is 35.1 Å². The number of rotatable bonds is 7. The number of aryl methyl sites for hydroxylation is 2.